The predicted molar refractivity (Wildman–Crippen MR) is 142 cm³/mol. The fraction of sp³-hybridized carbons (Fsp3) is 0.500. The molecular formula is C28H33F6N5O3. The van der Waals surface area contributed by atoms with E-state index in [1.54, 1.807) is 21.9 Å². The Labute approximate surface area is 239 Å². The Morgan fingerprint density at radius 2 is 1.67 bits per heavy atom. The average Bonchev–Trinajstić information content (AvgIpc) is 2.88. The highest BCUT2D eigenvalue weighted by Crippen LogP contribution is 2.35. The molecule has 2 aliphatic heterocycles. The van der Waals surface area contributed by atoms with Gasteiger partial charge in [0.05, 0.1) is 18.7 Å². The van der Waals surface area contributed by atoms with Crippen molar-refractivity contribution in [2.45, 2.75) is 38.5 Å². The van der Waals surface area contributed by atoms with Crippen LogP contribution in [-0.4, -0.2) is 85.3 Å². The highest BCUT2D eigenvalue weighted by molar-refractivity contribution is 6.04. The normalized spacial score (nSPS) is 19.0. The summed E-state index contributed by atoms with van der Waals surface area (Å²) in [6.45, 7) is 4.28. The Balaban J connectivity index is 1.40. The van der Waals surface area contributed by atoms with Gasteiger partial charge in [0, 0.05) is 63.6 Å². The van der Waals surface area contributed by atoms with Gasteiger partial charge in [-0.05, 0) is 46.9 Å². The van der Waals surface area contributed by atoms with Crippen molar-refractivity contribution >= 4 is 17.5 Å². The van der Waals surface area contributed by atoms with E-state index in [2.05, 4.69) is 10.1 Å². The summed E-state index contributed by atoms with van der Waals surface area (Å²) in [6, 6.07) is 8.79. The topological polar surface area (TPSA) is 91.1 Å². The van der Waals surface area contributed by atoms with Crippen LogP contribution in [0, 0.1) is 0 Å². The van der Waals surface area contributed by atoms with E-state index in [1.807, 2.05) is 17.9 Å². The minimum Gasteiger partial charge on any atom is -0.369 e. The van der Waals surface area contributed by atoms with Crippen LogP contribution in [-0.2, 0) is 28.8 Å². The van der Waals surface area contributed by atoms with Gasteiger partial charge in [0.1, 0.15) is 0 Å². The predicted octanol–water partition coefficient (Wildman–Crippen LogP) is 4.02. The second kappa shape index (κ2) is 13.0. The summed E-state index contributed by atoms with van der Waals surface area (Å²) < 4.78 is 82.4. The van der Waals surface area contributed by atoms with Gasteiger partial charge in [0.2, 0.25) is 5.91 Å². The molecule has 0 spiro atoms. The van der Waals surface area contributed by atoms with E-state index in [0.29, 0.717) is 39.3 Å². The van der Waals surface area contributed by atoms with Gasteiger partial charge in [-0.2, -0.15) is 13.2 Å². The molecule has 1 fully saturated rings. The van der Waals surface area contributed by atoms with Crippen LogP contribution >= 0.6 is 0 Å². The van der Waals surface area contributed by atoms with Crippen molar-refractivity contribution in [3.63, 3.8) is 0 Å². The van der Waals surface area contributed by atoms with Crippen LogP contribution in [0.1, 0.15) is 45.5 Å². The van der Waals surface area contributed by atoms with Crippen molar-refractivity contribution in [1.29, 1.82) is 0 Å². The highest BCUT2D eigenvalue weighted by Gasteiger charge is 2.35. The number of piperazine rings is 1. The standard InChI is InChI=1S/C28H33F6N5O3/c1-18-14-39(17-25(35)40)16-21-12-19(3-5-23(18)21)26(41)36-22-4-2-20(24(13-22)27(29,30)31)15-38-8-6-37(7-9-38)10-11-42-28(32,33)34/h2-5,12-13,18H,6-11,14-17H2,1H3,(H2,35,40)(H,36,41)/t18-/m0/s1. The van der Waals surface area contributed by atoms with E-state index < -0.39 is 36.5 Å². The number of hydrogen-bond acceptors (Lipinski definition) is 6. The molecule has 0 bridgehead atoms. The number of nitrogens with two attached hydrogens (primary N) is 1. The maximum atomic E-state index is 14.0. The number of nitrogens with one attached hydrogen (secondary N) is 1. The maximum Gasteiger partial charge on any atom is 0.522 e. The molecule has 3 N–H and O–H groups in total. The summed E-state index contributed by atoms with van der Waals surface area (Å²) in [6.07, 6.45) is -9.37. The van der Waals surface area contributed by atoms with Gasteiger partial charge < -0.3 is 11.1 Å². The lowest BCUT2D eigenvalue weighted by atomic mass is 9.89. The molecule has 2 aromatic rings. The lowest BCUT2D eigenvalue weighted by Crippen LogP contribution is -2.47. The van der Waals surface area contributed by atoms with Crippen molar-refractivity contribution in [3.05, 3.63) is 64.2 Å². The number of alkyl halides is 6. The van der Waals surface area contributed by atoms with E-state index in [0.717, 1.165) is 17.2 Å². The van der Waals surface area contributed by atoms with E-state index in [9.17, 15) is 35.9 Å². The van der Waals surface area contributed by atoms with Crippen LogP contribution in [0.5, 0.6) is 0 Å². The van der Waals surface area contributed by atoms with Gasteiger partial charge in [0.15, 0.2) is 0 Å². The van der Waals surface area contributed by atoms with Crippen LogP contribution in [0.3, 0.4) is 0 Å². The molecule has 8 nitrogen and oxygen atoms in total. The first-order chi connectivity index (χ1) is 19.7. The average molecular weight is 602 g/mol. The van der Waals surface area contributed by atoms with E-state index in [-0.39, 0.29) is 42.4 Å². The van der Waals surface area contributed by atoms with Crippen LogP contribution in [0.4, 0.5) is 32.0 Å². The first-order valence-corrected chi connectivity index (χ1v) is 13.5. The Kier molecular flexibility index (Phi) is 9.81. The van der Waals surface area contributed by atoms with Crippen molar-refractivity contribution < 1.29 is 40.7 Å². The van der Waals surface area contributed by atoms with E-state index in [4.69, 9.17) is 5.73 Å². The smallest absolute Gasteiger partial charge is 0.369 e. The molecule has 230 valence electrons. The molecule has 0 saturated carbocycles. The Hall–Kier alpha value is -3.20. The second-order valence-electron chi connectivity index (χ2n) is 10.7. The summed E-state index contributed by atoms with van der Waals surface area (Å²) in [5, 5.41) is 2.56. The van der Waals surface area contributed by atoms with Crippen LogP contribution in [0.15, 0.2) is 36.4 Å². The number of amides is 2. The molecule has 2 aromatic carbocycles. The molecular weight excluding hydrogens is 568 g/mol. The van der Waals surface area contributed by atoms with E-state index in [1.165, 1.54) is 12.1 Å². The molecule has 0 unspecified atom stereocenters. The SMILES string of the molecule is C[C@H]1CN(CC(N)=O)Cc2cc(C(=O)Nc3ccc(CN4CCN(CCOC(F)(F)F)CC4)c(C(F)(F)F)c3)ccc21. The molecule has 2 aliphatic rings. The third kappa shape index (κ3) is 8.66. The summed E-state index contributed by atoms with van der Waals surface area (Å²) in [7, 11) is 0. The van der Waals surface area contributed by atoms with Gasteiger partial charge in [-0.3, -0.25) is 29.0 Å². The van der Waals surface area contributed by atoms with Gasteiger partial charge >= 0.3 is 12.5 Å². The second-order valence-corrected chi connectivity index (χ2v) is 10.7. The molecule has 2 amide bonds. The molecule has 42 heavy (non-hydrogen) atoms. The minimum absolute atomic E-state index is 0.000764. The van der Waals surface area contributed by atoms with Gasteiger partial charge in [-0.1, -0.05) is 19.1 Å². The van der Waals surface area contributed by atoms with Crippen LogP contribution < -0.4 is 11.1 Å². The lowest BCUT2D eigenvalue weighted by Gasteiger charge is -2.35. The third-order valence-electron chi connectivity index (χ3n) is 7.45. The summed E-state index contributed by atoms with van der Waals surface area (Å²) >= 11 is 0. The summed E-state index contributed by atoms with van der Waals surface area (Å²) in [5.41, 5.74) is 6.64. The first-order valence-electron chi connectivity index (χ1n) is 13.5. The van der Waals surface area contributed by atoms with Crippen molar-refractivity contribution in [2.24, 2.45) is 5.73 Å². The number of anilines is 1. The zero-order valence-electron chi connectivity index (χ0n) is 23.0. The fourth-order valence-electron chi connectivity index (χ4n) is 5.46. The fourth-order valence-corrected chi connectivity index (χ4v) is 5.46. The highest BCUT2D eigenvalue weighted by atomic mass is 19.4. The number of hydrogen-bond donors (Lipinski definition) is 2. The zero-order valence-corrected chi connectivity index (χ0v) is 23.0. The molecule has 4 rings (SSSR count). The number of benzene rings is 2. The number of carbonyl (C=O) groups excluding carboxylic acids is 2. The molecule has 0 radical (unpaired) electrons. The summed E-state index contributed by atoms with van der Waals surface area (Å²) in [4.78, 5) is 29.8. The monoisotopic (exact) mass is 601 g/mol. The number of halogens is 6. The van der Waals surface area contributed by atoms with Gasteiger partial charge in [-0.25, -0.2) is 0 Å². The molecule has 2 heterocycles. The zero-order chi connectivity index (χ0) is 30.7. The number of primary amides is 1. The molecule has 14 heteroatoms. The number of rotatable bonds is 9. The maximum absolute atomic E-state index is 14.0. The van der Waals surface area contributed by atoms with Crippen molar-refractivity contribution in [3.8, 4) is 0 Å². The quantitative estimate of drug-likeness (QED) is 0.423. The van der Waals surface area contributed by atoms with Crippen molar-refractivity contribution in [2.75, 3.05) is 57.7 Å². The Morgan fingerprint density at radius 3 is 2.31 bits per heavy atom. The lowest BCUT2D eigenvalue weighted by molar-refractivity contribution is -0.325. The van der Waals surface area contributed by atoms with Crippen molar-refractivity contribution in [1.82, 2.24) is 14.7 Å². The van der Waals surface area contributed by atoms with E-state index >= 15 is 0 Å². The minimum atomic E-state index is -4.70. The third-order valence-corrected chi connectivity index (χ3v) is 7.45. The number of fused-ring (bicyclic) bond motifs is 1. The molecule has 1 atom stereocenters. The van der Waals surface area contributed by atoms with Crippen LogP contribution in [0.25, 0.3) is 0 Å². The molecule has 0 aliphatic carbocycles. The van der Waals surface area contributed by atoms with Crippen LogP contribution in [0.2, 0.25) is 0 Å². The Morgan fingerprint density at radius 1 is 0.976 bits per heavy atom. The summed E-state index contributed by atoms with van der Waals surface area (Å²) in [5.74, 6) is -0.914. The Bertz CT molecular complexity index is 1280. The molecule has 0 aromatic heterocycles. The first kappa shape index (κ1) is 31.7. The number of nitrogens with zero attached hydrogens (tertiary/aromatic N) is 3. The number of ether oxygens (including phenoxy) is 1. The van der Waals surface area contributed by atoms with Gasteiger partial charge in [0.25, 0.3) is 5.91 Å². The van der Waals surface area contributed by atoms with Gasteiger partial charge in [-0.15, -0.1) is 13.2 Å². The largest absolute Gasteiger partial charge is 0.522 e. The molecule has 1 saturated heterocycles. The number of carbonyl (C=O) groups is 2.